The average molecular weight is 226 g/mol. The molecule has 1 saturated carbocycles. The summed E-state index contributed by atoms with van der Waals surface area (Å²) in [4.78, 5) is 11.8. The molecule has 16 heavy (non-hydrogen) atoms. The monoisotopic (exact) mass is 226 g/mol. The molecule has 0 aliphatic heterocycles. The van der Waals surface area contributed by atoms with Crippen LogP contribution < -0.4 is 11.1 Å². The van der Waals surface area contributed by atoms with Gasteiger partial charge in [0.15, 0.2) is 0 Å². The Morgan fingerprint density at radius 2 is 2.12 bits per heavy atom. The van der Waals surface area contributed by atoms with Crippen LogP contribution in [-0.2, 0) is 4.79 Å². The lowest BCUT2D eigenvalue weighted by atomic mass is 9.78. The van der Waals surface area contributed by atoms with E-state index in [1.165, 1.54) is 12.8 Å². The number of nitrogens with one attached hydrogen (secondary N) is 1. The summed E-state index contributed by atoms with van der Waals surface area (Å²) in [6, 6.07) is 0.00795. The van der Waals surface area contributed by atoms with Crippen LogP contribution in [0.25, 0.3) is 0 Å². The number of hydrogen-bond acceptors (Lipinski definition) is 2. The van der Waals surface area contributed by atoms with Crippen molar-refractivity contribution in [2.45, 2.75) is 65.0 Å². The van der Waals surface area contributed by atoms with E-state index in [1.54, 1.807) is 0 Å². The Morgan fingerprint density at radius 1 is 1.44 bits per heavy atom. The second-order valence-corrected chi connectivity index (χ2v) is 5.28. The van der Waals surface area contributed by atoms with Gasteiger partial charge in [-0.05, 0) is 24.7 Å². The quantitative estimate of drug-likeness (QED) is 0.771. The van der Waals surface area contributed by atoms with Crippen LogP contribution in [-0.4, -0.2) is 18.0 Å². The van der Waals surface area contributed by atoms with E-state index in [9.17, 15) is 4.79 Å². The molecule has 0 saturated heterocycles. The van der Waals surface area contributed by atoms with E-state index < -0.39 is 0 Å². The summed E-state index contributed by atoms with van der Waals surface area (Å²) in [6.07, 6.45) is 5.36. The molecule has 1 aliphatic carbocycles. The minimum atomic E-state index is -0.325. The Morgan fingerprint density at radius 3 is 2.75 bits per heavy atom. The van der Waals surface area contributed by atoms with Gasteiger partial charge in [-0.25, -0.2) is 0 Å². The molecule has 0 radical (unpaired) electrons. The highest BCUT2D eigenvalue weighted by Gasteiger charge is 2.29. The number of rotatable bonds is 4. The van der Waals surface area contributed by atoms with Crippen LogP contribution in [0.1, 0.15) is 52.9 Å². The van der Waals surface area contributed by atoms with E-state index in [0.717, 1.165) is 19.3 Å². The standard InChI is InChI=1S/C13H26N2O/c1-4-6-11(14)13(16)15-12-8-5-7-9(2)10(12)3/h9-12H,4-8,14H2,1-3H3,(H,15,16)/t9?,10?,11-,12?/m1/s1. The molecule has 0 aromatic carbocycles. The van der Waals surface area contributed by atoms with Crippen LogP contribution in [0.15, 0.2) is 0 Å². The fourth-order valence-electron chi connectivity index (χ4n) is 2.52. The third-order valence-electron chi connectivity index (χ3n) is 3.97. The van der Waals surface area contributed by atoms with Crippen LogP contribution in [0, 0.1) is 11.8 Å². The first-order chi connectivity index (χ1) is 7.56. The Hall–Kier alpha value is -0.570. The second-order valence-electron chi connectivity index (χ2n) is 5.28. The highest BCUT2D eigenvalue weighted by Crippen LogP contribution is 2.29. The van der Waals surface area contributed by atoms with E-state index in [4.69, 9.17) is 5.73 Å². The molecule has 1 rings (SSSR count). The Kier molecular flexibility index (Phi) is 5.26. The molecule has 1 aliphatic rings. The SMILES string of the molecule is CCC[C@@H](N)C(=O)NC1CCCC(C)C1C. The first-order valence-corrected chi connectivity index (χ1v) is 6.62. The maximum Gasteiger partial charge on any atom is 0.237 e. The molecule has 4 atom stereocenters. The average Bonchev–Trinajstić information content (AvgIpc) is 2.25. The number of carbonyl (C=O) groups is 1. The molecule has 0 aromatic rings. The van der Waals surface area contributed by atoms with Crippen molar-refractivity contribution in [2.75, 3.05) is 0 Å². The van der Waals surface area contributed by atoms with Crippen molar-refractivity contribution in [3.05, 3.63) is 0 Å². The van der Waals surface area contributed by atoms with Gasteiger partial charge in [-0.15, -0.1) is 0 Å². The second kappa shape index (κ2) is 6.24. The van der Waals surface area contributed by atoms with Crippen LogP contribution in [0.3, 0.4) is 0 Å². The van der Waals surface area contributed by atoms with Crippen molar-refractivity contribution in [1.82, 2.24) is 5.32 Å². The number of carbonyl (C=O) groups excluding carboxylic acids is 1. The zero-order valence-corrected chi connectivity index (χ0v) is 10.8. The molecule has 1 amide bonds. The van der Waals surface area contributed by atoms with Crippen molar-refractivity contribution < 1.29 is 4.79 Å². The maximum atomic E-state index is 11.8. The summed E-state index contributed by atoms with van der Waals surface area (Å²) in [7, 11) is 0. The number of amides is 1. The molecule has 0 heterocycles. The fourth-order valence-corrected chi connectivity index (χ4v) is 2.52. The molecular formula is C13H26N2O. The summed E-state index contributed by atoms with van der Waals surface area (Å²) in [6.45, 7) is 6.56. The van der Waals surface area contributed by atoms with Gasteiger partial charge < -0.3 is 11.1 Å². The summed E-state index contributed by atoms with van der Waals surface area (Å²) < 4.78 is 0. The largest absolute Gasteiger partial charge is 0.352 e. The minimum Gasteiger partial charge on any atom is -0.352 e. The molecule has 1 fully saturated rings. The molecule has 3 unspecified atom stereocenters. The van der Waals surface area contributed by atoms with E-state index in [0.29, 0.717) is 17.9 Å². The zero-order chi connectivity index (χ0) is 12.1. The molecule has 3 nitrogen and oxygen atoms in total. The fraction of sp³-hybridized carbons (Fsp3) is 0.923. The zero-order valence-electron chi connectivity index (χ0n) is 10.8. The summed E-state index contributed by atoms with van der Waals surface area (Å²) in [5, 5.41) is 3.12. The van der Waals surface area contributed by atoms with E-state index in [1.807, 2.05) is 0 Å². The lowest BCUT2D eigenvalue weighted by Gasteiger charge is -2.35. The molecule has 94 valence electrons. The third-order valence-corrected chi connectivity index (χ3v) is 3.97. The lowest BCUT2D eigenvalue weighted by molar-refractivity contribution is -0.124. The molecular weight excluding hydrogens is 200 g/mol. The van der Waals surface area contributed by atoms with Gasteiger partial charge in [-0.3, -0.25) is 4.79 Å². The van der Waals surface area contributed by atoms with Crippen LogP contribution >= 0.6 is 0 Å². The highest BCUT2D eigenvalue weighted by molar-refractivity contribution is 5.81. The molecule has 3 N–H and O–H groups in total. The van der Waals surface area contributed by atoms with Crippen LogP contribution in [0.2, 0.25) is 0 Å². The van der Waals surface area contributed by atoms with Gasteiger partial charge in [0, 0.05) is 6.04 Å². The predicted octanol–water partition coefficient (Wildman–Crippen LogP) is 2.05. The van der Waals surface area contributed by atoms with Gasteiger partial charge in [-0.2, -0.15) is 0 Å². The number of nitrogens with two attached hydrogens (primary N) is 1. The van der Waals surface area contributed by atoms with Gasteiger partial charge in [-0.1, -0.05) is 40.0 Å². The molecule has 3 heteroatoms. The summed E-state index contributed by atoms with van der Waals surface area (Å²) in [5.41, 5.74) is 5.81. The first-order valence-electron chi connectivity index (χ1n) is 6.62. The maximum absolute atomic E-state index is 11.8. The Balaban J connectivity index is 2.43. The van der Waals surface area contributed by atoms with E-state index in [2.05, 4.69) is 26.1 Å². The van der Waals surface area contributed by atoms with Gasteiger partial charge in [0.1, 0.15) is 0 Å². The van der Waals surface area contributed by atoms with Gasteiger partial charge in [0.25, 0.3) is 0 Å². The van der Waals surface area contributed by atoms with E-state index in [-0.39, 0.29) is 11.9 Å². The Bertz CT molecular complexity index is 230. The Labute approximate surface area is 99.2 Å². The summed E-state index contributed by atoms with van der Waals surface area (Å²) >= 11 is 0. The summed E-state index contributed by atoms with van der Waals surface area (Å²) in [5.74, 6) is 1.32. The van der Waals surface area contributed by atoms with E-state index >= 15 is 0 Å². The van der Waals surface area contributed by atoms with Crippen molar-refractivity contribution in [2.24, 2.45) is 17.6 Å². The smallest absolute Gasteiger partial charge is 0.237 e. The van der Waals surface area contributed by atoms with Gasteiger partial charge >= 0.3 is 0 Å². The number of hydrogen-bond donors (Lipinski definition) is 2. The van der Waals surface area contributed by atoms with Crippen molar-refractivity contribution in [3.63, 3.8) is 0 Å². The molecule has 0 spiro atoms. The normalized spacial score (nSPS) is 32.1. The molecule has 0 aromatic heterocycles. The predicted molar refractivity (Wildman–Crippen MR) is 67.0 cm³/mol. The molecule has 0 bridgehead atoms. The highest BCUT2D eigenvalue weighted by atomic mass is 16.2. The van der Waals surface area contributed by atoms with Gasteiger partial charge in [0.05, 0.1) is 6.04 Å². The van der Waals surface area contributed by atoms with Crippen LogP contribution in [0.5, 0.6) is 0 Å². The third kappa shape index (κ3) is 3.48. The first kappa shape index (κ1) is 13.5. The lowest BCUT2D eigenvalue weighted by Crippen LogP contribution is -2.49. The van der Waals surface area contributed by atoms with Crippen molar-refractivity contribution >= 4 is 5.91 Å². The topological polar surface area (TPSA) is 55.1 Å². The van der Waals surface area contributed by atoms with Crippen molar-refractivity contribution in [3.8, 4) is 0 Å². The van der Waals surface area contributed by atoms with Crippen molar-refractivity contribution in [1.29, 1.82) is 0 Å². The van der Waals surface area contributed by atoms with Gasteiger partial charge in [0.2, 0.25) is 5.91 Å². The minimum absolute atomic E-state index is 0.0350. The van der Waals surface area contributed by atoms with Crippen LogP contribution in [0.4, 0.5) is 0 Å².